The van der Waals surface area contributed by atoms with Gasteiger partial charge in [-0.2, -0.15) is 0 Å². The predicted octanol–water partition coefficient (Wildman–Crippen LogP) is 5.37. The van der Waals surface area contributed by atoms with Crippen LogP contribution < -0.4 is 18.9 Å². The zero-order valence-corrected chi connectivity index (χ0v) is 27.1. The van der Waals surface area contributed by atoms with Crippen molar-refractivity contribution in [3.8, 4) is 23.0 Å². The van der Waals surface area contributed by atoms with Crippen LogP contribution in [0.25, 0.3) is 21.5 Å². The molecule has 0 aliphatic rings. The summed E-state index contributed by atoms with van der Waals surface area (Å²) >= 11 is 3.80. The highest BCUT2D eigenvalue weighted by Crippen LogP contribution is 2.38. The molecule has 0 radical (unpaired) electrons. The van der Waals surface area contributed by atoms with Crippen molar-refractivity contribution in [3.63, 3.8) is 0 Å². The molecule has 4 rings (SSSR count). The smallest absolute Gasteiger partial charge is 0.139 e. The van der Waals surface area contributed by atoms with E-state index in [2.05, 4.69) is 0 Å². The highest BCUT2D eigenvalue weighted by Gasteiger charge is 2.18. The maximum atomic E-state index is 9.96. The fourth-order valence-electron chi connectivity index (χ4n) is 4.42. The van der Waals surface area contributed by atoms with Gasteiger partial charge in [0.15, 0.2) is 0 Å². The number of hydrogen-bond donors (Lipinski definition) is 4. The first-order valence-corrected chi connectivity index (χ1v) is 15.7. The van der Waals surface area contributed by atoms with Gasteiger partial charge in [0.05, 0.1) is 12.2 Å². The average molecular weight is 788 g/mol. The molecule has 41 heavy (non-hydrogen) atoms. The molecule has 0 bridgehead atoms. The lowest BCUT2D eigenvalue weighted by atomic mass is 9.93. The first-order chi connectivity index (χ1) is 19.6. The summed E-state index contributed by atoms with van der Waals surface area (Å²) in [6.45, 7) is 3.87. The highest BCUT2D eigenvalue weighted by atomic mass is 127. The second kappa shape index (κ2) is 14.9. The van der Waals surface area contributed by atoms with Gasteiger partial charge in [0.2, 0.25) is 0 Å². The molecule has 4 aromatic carbocycles. The molecule has 0 aromatic heterocycles. The Labute approximate surface area is 266 Å². The molecule has 0 aliphatic heterocycles. The summed E-state index contributed by atoms with van der Waals surface area (Å²) in [6, 6.07) is 19.2. The van der Waals surface area contributed by atoms with Crippen LogP contribution in [0.3, 0.4) is 0 Å². The van der Waals surface area contributed by atoms with Crippen LogP contribution in [0.2, 0.25) is 0 Å². The molecule has 220 valence electrons. The van der Waals surface area contributed by atoms with Crippen molar-refractivity contribution in [1.29, 1.82) is 0 Å². The van der Waals surface area contributed by atoms with Crippen LogP contribution in [0, 0.1) is 0 Å². The van der Waals surface area contributed by atoms with Crippen molar-refractivity contribution >= 4 is 66.7 Å². The van der Waals surface area contributed by atoms with E-state index in [0.717, 1.165) is 32.7 Å². The van der Waals surface area contributed by atoms with Gasteiger partial charge in [0, 0.05) is 17.5 Å². The van der Waals surface area contributed by atoms with Crippen molar-refractivity contribution in [3.05, 3.63) is 71.8 Å². The van der Waals surface area contributed by atoms with E-state index >= 15 is 0 Å². The molecular weight excluding hydrogens is 754 g/mol. The minimum Gasteiger partial charge on any atom is -0.491 e. The third kappa shape index (κ3) is 8.94. The Balaban J connectivity index is 1.88. The van der Waals surface area contributed by atoms with Gasteiger partial charge in [-0.25, -0.2) is 0 Å². The molecule has 0 amide bonds. The Morgan fingerprint density at radius 3 is 1.41 bits per heavy atom. The molecule has 0 heterocycles. The van der Waals surface area contributed by atoms with Crippen molar-refractivity contribution in [2.24, 2.45) is 0 Å². The minimum atomic E-state index is -0.688. The molecule has 4 aromatic rings. The predicted molar refractivity (Wildman–Crippen MR) is 176 cm³/mol. The summed E-state index contributed by atoms with van der Waals surface area (Å²) in [5.41, 5.74) is 1.73. The van der Waals surface area contributed by atoms with E-state index in [4.69, 9.17) is 18.9 Å². The fraction of sp³-hybridized carbons (Fsp3) is 0.355. The van der Waals surface area contributed by atoms with E-state index in [0.29, 0.717) is 29.4 Å². The van der Waals surface area contributed by atoms with Crippen molar-refractivity contribution in [2.75, 3.05) is 26.4 Å². The molecule has 0 spiro atoms. The first kappa shape index (κ1) is 31.8. The Morgan fingerprint density at radius 1 is 0.561 bits per heavy atom. The fourth-order valence-corrected chi connectivity index (χ4v) is 4.78. The van der Waals surface area contributed by atoms with E-state index in [1.165, 1.54) is 0 Å². The summed E-state index contributed by atoms with van der Waals surface area (Å²) in [5.74, 6) is 2.45. The van der Waals surface area contributed by atoms with Crippen LogP contribution in [0.15, 0.2) is 60.7 Å². The van der Waals surface area contributed by atoms with Gasteiger partial charge in [0.25, 0.3) is 0 Å². The van der Waals surface area contributed by atoms with Gasteiger partial charge >= 0.3 is 0 Å². The number of benzene rings is 4. The molecule has 0 aliphatic carbocycles. The van der Waals surface area contributed by atoms with Gasteiger partial charge in [-0.15, -0.1) is 0 Å². The Kier molecular flexibility index (Phi) is 11.5. The zero-order valence-electron chi connectivity index (χ0n) is 22.8. The molecule has 10 heteroatoms. The topological polar surface area (TPSA) is 118 Å². The van der Waals surface area contributed by atoms with Gasteiger partial charge < -0.3 is 39.4 Å². The first-order valence-electron chi connectivity index (χ1n) is 13.2. The van der Waals surface area contributed by atoms with E-state index in [1.54, 1.807) is 13.8 Å². The van der Waals surface area contributed by atoms with Crippen LogP contribution >= 0.6 is 45.2 Å². The van der Waals surface area contributed by atoms with Crippen LogP contribution in [-0.2, 0) is 6.42 Å². The number of aliphatic hydroxyl groups excluding tert-OH is 4. The SMILES string of the molecule is CC(O)COc1ccc2ccc(OCC(O)I)c(Cc3c(OCC(C)O)ccc4ccc(OCC(O)I)cc34)c2c1. The number of halogens is 2. The van der Waals surface area contributed by atoms with Gasteiger partial charge in [0.1, 0.15) is 57.6 Å². The third-order valence-electron chi connectivity index (χ3n) is 6.21. The second-order valence-electron chi connectivity index (χ2n) is 9.84. The van der Waals surface area contributed by atoms with Gasteiger partial charge in [-0.1, -0.05) is 24.3 Å². The molecular formula is C31H34I2O8. The molecule has 0 saturated heterocycles. The van der Waals surface area contributed by atoms with E-state index in [1.807, 2.05) is 106 Å². The molecule has 4 unspecified atom stereocenters. The number of aliphatic hydroxyl groups is 4. The summed E-state index contributed by atoms with van der Waals surface area (Å²) in [4.78, 5) is 0. The van der Waals surface area contributed by atoms with Gasteiger partial charge in [-0.3, -0.25) is 0 Å². The number of ether oxygens (including phenoxy) is 4. The summed E-state index contributed by atoms with van der Waals surface area (Å²) in [7, 11) is 0. The van der Waals surface area contributed by atoms with Crippen LogP contribution in [0.5, 0.6) is 23.0 Å². The summed E-state index contributed by atoms with van der Waals surface area (Å²) < 4.78 is 22.5. The molecule has 4 N–H and O–H groups in total. The molecule has 4 atom stereocenters. The van der Waals surface area contributed by atoms with Crippen LogP contribution in [-0.4, -0.2) is 67.3 Å². The normalized spacial score (nSPS) is 14.4. The van der Waals surface area contributed by atoms with Crippen molar-refractivity contribution in [1.82, 2.24) is 0 Å². The monoisotopic (exact) mass is 788 g/mol. The number of alkyl halides is 2. The quantitative estimate of drug-likeness (QED) is 0.0997. The Hall–Kier alpha value is -2.10. The lowest BCUT2D eigenvalue weighted by Crippen LogP contribution is -2.14. The van der Waals surface area contributed by atoms with E-state index in [-0.39, 0.29) is 26.4 Å². The number of fused-ring (bicyclic) bond motifs is 2. The lowest BCUT2D eigenvalue weighted by Gasteiger charge is -2.20. The Morgan fingerprint density at radius 2 is 0.951 bits per heavy atom. The number of rotatable bonds is 14. The zero-order chi connectivity index (χ0) is 29.5. The third-order valence-corrected chi connectivity index (χ3v) is 6.93. The summed E-state index contributed by atoms with van der Waals surface area (Å²) in [6.07, 6.45) is -0.873. The minimum absolute atomic E-state index is 0.106. The molecule has 0 fully saturated rings. The Bertz CT molecular complexity index is 1340. The van der Waals surface area contributed by atoms with E-state index < -0.39 is 20.4 Å². The number of hydrogen-bond acceptors (Lipinski definition) is 8. The maximum absolute atomic E-state index is 9.96. The second-order valence-corrected chi connectivity index (χ2v) is 12.7. The molecule has 8 nitrogen and oxygen atoms in total. The van der Waals surface area contributed by atoms with Crippen LogP contribution in [0.4, 0.5) is 0 Å². The lowest BCUT2D eigenvalue weighted by molar-refractivity contribution is 0.122. The highest BCUT2D eigenvalue weighted by molar-refractivity contribution is 14.1. The van der Waals surface area contributed by atoms with Crippen LogP contribution in [0.1, 0.15) is 25.0 Å². The largest absolute Gasteiger partial charge is 0.491 e. The van der Waals surface area contributed by atoms with Crippen molar-refractivity contribution < 1.29 is 39.4 Å². The maximum Gasteiger partial charge on any atom is 0.139 e. The van der Waals surface area contributed by atoms with Crippen molar-refractivity contribution in [2.45, 2.75) is 40.7 Å². The van der Waals surface area contributed by atoms with Gasteiger partial charge in [-0.05, 0) is 117 Å². The average Bonchev–Trinajstić information content (AvgIpc) is 2.93. The molecule has 0 saturated carbocycles. The van der Waals surface area contributed by atoms with E-state index in [9.17, 15) is 20.4 Å². The summed E-state index contributed by atoms with van der Waals surface area (Å²) in [5, 5.41) is 43.1. The standard InChI is InChI=1S/C31H34I2O8/c1-18(34)14-38-22-7-3-20-6-10-29(41-17-31(33)37)27(24(20)11-22)13-26-25-12-23(39-16-30(32)36)8-4-21(25)5-9-28(26)40-15-19(2)35/h3-12,18-19,30-31,34-37H,13-17H2,1-2H3.